The Kier molecular flexibility index (Phi) is 7.45. The molecule has 1 N–H and O–H groups in total. The molecule has 1 aliphatic heterocycles. The lowest BCUT2D eigenvalue weighted by Crippen LogP contribution is -2.31. The van der Waals surface area contributed by atoms with Crippen molar-refractivity contribution in [3.05, 3.63) is 102 Å². The number of rotatable bonds is 8. The maximum atomic E-state index is 13.6. The number of sulfonamides is 1. The van der Waals surface area contributed by atoms with Crippen LogP contribution in [0.5, 0.6) is 5.88 Å². The second kappa shape index (κ2) is 11.4. The predicted molar refractivity (Wildman–Crippen MR) is 162 cm³/mol. The number of benzene rings is 2. The number of hydrogen-bond donors (Lipinski definition) is 1. The van der Waals surface area contributed by atoms with E-state index in [1.54, 1.807) is 18.0 Å². The third kappa shape index (κ3) is 5.86. The van der Waals surface area contributed by atoms with Crippen molar-refractivity contribution in [3.63, 3.8) is 0 Å². The van der Waals surface area contributed by atoms with Crippen LogP contribution in [-0.2, 0) is 17.1 Å². The normalized spacial score (nSPS) is 15.0. The minimum Gasteiger partial charge on any atom is -0.472 e. The number of likely N-dealkylation sites (tertiary alicyclic amines) is 1. The summed E-state index contributed by atoms with van der Waals surface area (Å²) in [6.07, 6.45) is 6.72. The van der Waals surface area contributed by atoms with Gasteiger partial charge in [0.1, 0.15) is 11.0 Å². The van der Waals surface area contributed by atoms with Gasteiger partial charge in [0.05, 0.1) is 29.7 Å². The summed E-state index contributed by atoms with van der Waals surface area (Å²) in [6.45, 7) is 4.81. The third-order valence-electron chi connectivity index (χ3n) is 7.39. The average Bonchev–Trinajstić information content (AvgIpc) is 3.75. The molecule has 5 aromatic rings. The SMILES string of the molecule is Cc1cccc(C)c1-c1cc(OC2CCN(C(=O)c3ccccc3-n3cccc3)C2)nc(NS(=O)(=O)c2cnn(C)c2)n1. The number of aryl methyl sites for hydroxylation is 3. The number of carbonyl (C=O) groups is 1. The number of para-hydroxylation sites is 1. The molecule has 6 rings (SSSR count). The Morgan fingerprint density at radius 3 is 2.47 bits per heavy atom. The van der Waals surface area contributed by atoms with Crippen LogP contribution >= 0.6 is 0 Å². The van der Waals surface area contributed by atoms with Gasteiger partial charge in [-0.1, -0.05) is 30.3 Å². The Morgan fingerprint density at radius 2 is 1.74 bits per heavy atom. The number of aromatic nitrogens is 5. The largest absolute Gasteiger partial charge is 0.472 e. The molecule has 2 aromatic carbocycles. The number of anilines is 1. The highest BCUT2D eigenvalue weighted by atomic mass is 32.2. The molecule has 220 valence electrons. The van der Waals surface area contributed by atoms with E-state index in [2.05, 4.69) is 19.8 Å². The van der Waals surface area contributed by atoms with E-state index in [1.807, 2.05) is 85.4 Å². The summed E-state index contributed by atoms with van der Waals surface area (Å²) in [7, 11) is -2.36. The van der Waals surface area contributed by atoms with Gasteiger partial charge in [-0.15, -0.1) is 0 Å². The van der Waals surface area contributed by atoms with E-state index < -0.39 is 10.0 Å². The number of hydrogen-bond acceptors (Lipinski definition) is 7. The van der Waals surface area contributed by atoms with Crippen LogP contribution in [0.3, 0.4) is 0 Å². The van der Waals surface area contributed by atoms with Crippen LogP contribution < -0.4 is 9.46 Å². The van der Waals surface area contributed by atoms with Crippen LogP contribution in [0, 0.1) is 13.8 Å². The molecule has 1 amide bonds. The van der Waals surface area contributed by atoms with Gasteiger partial charge in [-0.3, -0.25) is 9.48 Å². The van der Waals surface area contributed by atoms with Crippen molar-refractivity contribution >= 4 is 21.9 Å². The van der Waals surface area contributed by atoms with E-state index in [9.17, 15) is 13.2 Å². The highest BCUT2D eigenvalue weighted by molar-refractivity contribution is 7.92. The first-order valence-corrected chi connectivity index (χ1v) is 15.3. The molecule has 1 aliphatic rings. The summed E-state index contributed by atoms with van der Waals surface area (Å²) in [5.41, 5.74) is 4.75. The summed E-state index contributed by atoms with van der Waals surface area (Å²) in [5.74, 6) is 0.00777. The van der Waals surface area contributed by atoms with Crippen LogP contribution in [0.4, 0.5) is 5.95 Å². The zero-order valence-corrected chi connectivity index (χ0v) is 24.8. The first kappa shape index (κ1) is 28.2. The smallest absolute Gasteiger partial charge is 0.267 e. The van der Waals surface area contributed by atoms with E-state index in [0.717, 1.165) is 22.4 Å². The van der Waals surface area contributed by atoms with Crippen molar-refractivity contribution in [2.45, 2.75) is 31.3 Å². The van der Waals surface area contributed by atoms with Crippen LogP contribution in [0.2, 0.25) is 0 Å². The van der Waals surface area contributed by atoms with E-state index in [0.29, 0.717) is 30.8 Å². The third-order valence-corrected chi connectivity index (χ3v) is 8.68. The van der Waals surface area contributed by atoms with Crippen LogP contribution in [0.15, 0.2) is 90.3 Å². The Balaban J connectivity index is 1.27. The highest BCUT2D eigenvalue weighted by Gasteiger charge is 2.30. The zero-order valence-electron chi connectivity index (χ0n) is 24.0. The average molecular weight is 598 g/mol. The lowest BCUT2D eigenvalue weighted by Gasteiger charge is -2.19. The van der Waals surface area contributed by atoms with Gasteiger partial charge in [0, 0.05) is 50.2 Å². The lowest BCUT2D eigenvalue weighted by molar-refractivity contribution is 0.0771. The van der Waals surface area contributed by atoms with E-state index in [1.165, 1.54) is 17.1 Å². The van der Waals surface area contributed by atoms with Crippen molar-refractivity contribution in [2.75, 3.05) is 17.8 Å². The van der Waals surface area contributed by atoms with E-state index in [4.69, 9.17) is 4.74 Å². The second-order valence-electron chi connectivity index (χ2n) is 10.5. The molecular weight excluding hydrogens is 566 g/mol. The maximum absolute atomic E-state index is 13.6. The Morgan fingerprint density at radius 1 is 1.00 bits per heavy atom. The first-order chi connectivity index (χ1) is 20.7. The summed E-state index contributed by atoms with van der Waals surface area (Å²) in [4.78, 5) is 24.3. The quantitative estimate of drug-likeness (QED) is 0.282. The molecule has 12 heteroatoms. The van der Waals surface area contributed by atoms with Crippen molar-refractivity contribution < 1.29 is 17.9 Å². The van der Waals surface area contributed by atoms with Crippen molar-refractivity contribution in [2.24, 2.45) is 7.05 Å². The topological polar surface area (TPSA) is 124 Å². The molecule has 0 bridgehead atoms. The van der Waals surface area contributed by atoms with Gasteiger partial charge in [-0.2, -0.15) is 10.1 Å². The number of carbonyl (C=O) groups excluding carboxylic acids is 1. The van der Waals surface area contributed by atoms with Crippen LogP contribution in [-0.4, -0.2) is 62.7 Å². The maximum Gasteiger partial charge on any atom is 0.267 e. The van der Waals surface area contributed by atoms with Gasteiger partial charge < -0.3 is 14.2 Å². The zero-order chi connectivity index (χ0) is 30.1. The van der Waals surface area contributed by atoms with Gasteiger partial charge in [0.2, 0.25) is 11.8 Å². The van der Waals surface area contributed by atoms with Crippen LogP contribution in [0.1, 0.15) is 27.9 Å². The molecule has 3 aromatic heterocycles. The molecular formula is C31H31N7O4S. The van der Waals surface area contributed by atoms with Crippen molar-refractivity contribution in [1.29, 1.82) is 0 Å². The molecule has 1 fully saturated rings. The molecule has 0 saturated carbocycles. The van der Waals surface area contributed by atoms with Crippen molar-refractivity contribution in [1.82, 2.24) is 29.2 Å². The fraction of sp³-hybridized carbons (Fsp3) is 0.226. The van der Waals surface area contributed by atoms with E-state index >= 15 is 0 Å². The molecule has 1 saturated heterocycles. The second-order valence-corrected chi connectivity index (χ2v) is 12.2. The lowest BCUT2D eigenvalue weighted by atomic mass is 10.00. The number of ether oxygens (including phenoxy) is 1. The molecule has 0 aliphatic carbocycles. The van der Waals surface area contributed by atoms with Crippen molar-refractivity contribution in [3.8, 4) is 22.8 Å². The van der Waals surface area contributed by atoms with Gasteiger partial charge in [-0.25, -0.2) is 18.1 Å². The molecule has 4 heterocycles. The Labute approximate surface area is 249 Å². The summed E-state index contributed by atoms with van der Waals surface area (Å²) < 4.78 is 38.3. The number of nitrogens with zero attached hydrogens (tertiary/aromatic N) is 6. The summed E-state index contributed by atoms with van der Waals surface area (Å²) in [5, 5.41) is 3.96. The summed E-state index contributed by atoms with van der Waals surface area (Å²) >= 11 is 0. The standard InChI is InChI=1S/C31H31N7O4S/c1-21-9-8-10-22(2)29(21)26-17-28(34-31(33-26)35-43(40,41)24-18-32-36(3)20-24)42-23-13-16-38(19-23)30(39)25-11-4-5-12-27(25)37-14-6-7-15-37/h4-12,14-15,17-18,20,23H,13,16,19H2,1-3H3,(H,33,34,35). The van der Waals surface area contributed by atoms with Gasteiger partial charge in [0.25, 0.3) is 15.9 Å². The fourth-order valence-corrected chi connectivity index (χ4v) is 6.25. The predicted octanol–water partition coefficient (Wildman–Crippen LogP) is 4.38. The molecule has 0 spiro atoms. The first-order valence-electron chi connectivity index (χ1n) is 13.8. The molecule has 11 nitrogen and oxygen atoms in total. The van der Waals surface area contributed by atoms with E-state index in [-0.39, 0.29) is 28.7 Å². The fourth-order valence-electron chi connectivity index (χ4n) is 5.32. The summed E-state index contributed by atoms with van der Waals surface area (Å²) in [6, 6.07) is 18.9. The molecule has 0 radical (unpaired) electrons. The molecule has 43 heavy (non-hydrogen) atoms. The molecule has 1 atom stereocenters. The minimum absolute atomic E-state index is 0.0105. The Bertz CT molecular complexity index is 1880. The van der Waals surface area contributed by atoms with Gasteiger partial charge >= 0.3 is 0 Å². The number of nitrogens with one attached hydrogen (secondary N) is 1. The highest BCUT2D eigenvalue weighted by Crippen LogP contribution is 2.30. The van der Waals surface area contributed by atoms with Crippen LogP contribution in [0.25, 0.3) is 16.9 Å². The van der Waals surface area contributed by atoms with Gasteiger partial charge in [-0.05, 0) is 49.2 Å². The van der Waals surface area contributed by atoms with Gasteiger partial charge in [0.15, 0.2) is 0 Å². The molecule has 1 unspecified atom stereocenters. The minimum atomic E-state index is -4.00. The number of amides is 1. The Hall–Kier alpha value is -4.97. The monoisotopic (exact) mass is 597 g/mol.